The Morgan fingerprint density at radius 1 is 1.03 bits per heavy atom. The van der Waals surface area contributed by atoms with E-state index in [-0.39, 0.29) is 18.2 Å². The number of hydrogen-bond donors (Lipinski definition) is 1. The first kappa shape index (κ1) is 24.3. The summed E-state index contributed by atoms with van der Waals surface area (Å²) in [5.74, 6) is 2.01. The van der Waals surface area contributed by atoms with Gasteiger partial charge >= 0.3 is 0 Å². The summed E-state index contributed by atoms with van der Waals surface area (Å²) >= 11 is 0. The Bertz CT molecular complexity index is 1190. The zero-order chi connectivity index (χ0) is 24.9. The fraction of sp³-hybridized carbons (Fsp3) is 0.310. The van der Waals surface area contributed by atoms with E-state index < -0.39 is 5.92 Å². The number of benzene rings is 3. The Hall–Kier alpha value is -3.80. The number of hydrogen-bond acceptors (Lipinski definition) is 4. The summed E-state index contributed by atoms with van der Waals surface area (Å²) in [6, 6.07) is 20.9. The topological polar surface area (TPSA) is 67.9 Å². The van der Waals surface area contributed by atoms with Crippen LogP contribution in [0.3, 0.4) is 0 Å². The van der Waals surface area contributed by atoms with Gasteiger partial charge in [0.05, 0.1) is 12.5 Å². The molecule has 0 bridgehead atoms. The number of carbonyl (C=O) groups is 2. The molecule has 6 nitrogen and oxygen atoms in total. The lowest BCUT2D eigenvalue weighted by molar-refractivity contribution is -0.122. The van der Waals surface area contributed by atoms with Gasteiger partial charge in [-0.2, -0.15) is 0 Å². The molecule has 0 aliphatic carbocycles. The molecular formula is C29H32N2O4. The highest BCUT2D eigenvalue weighted by Gasteiger charge is 2.35. The third-order valence-corrected chi connectivity index (χ3v) is 6.10. The molecule has 4 rings (SSSR count). The van der Waals surface area contributed by atoms with Gasteiger partial charge in [0.2, 0.25) is 11.8 Å². The molecule has 0 aromatic heterocycles. The van der Waals surface area contributed by atoms with Crippen molar-refractivity contribution in [2.24, 2.45) is 5.92 Å². The lowest BCUT2D eigenvalue weighted by Crippen LogP contribution is -2.28. The second-order valence-electron chi connectivity index (χ2n) is 9.14. The monoisotopic (exact) mass is 472 g/mol. The maximum Gasteiger partial charge on any atom is 0.229 e. The molecule has 2 amide bonds. The van der Waals surface area contributed by atoms with E-state index >= 15 is 0 Å². The van der Waals surface area contributed by atoms with Crippen molar-refractivity contribution in [1.29, 1.82) is 0 Å². The van der Waals surface area contributed by atoms with Crippen molar-refractivity contribution in [3.05, 3.63) is 77.9 Å². The quantitative estimate of drug-likeness (QED) is 0.418. The fourth-order valence-electron chi connectivity index (χ4n) is 4.21. The molecule has 1 fully saturated rings. The average Bonchev–Trinajstić information content (AvgIpc) is 3.23. The molecule has 1 N–H and O–H groups in total. The number of anilines is 2. The molecule has 1 atom stereocenters. The maximum absolute atomic E-state index is 12.9. The van der Waals surface area contributed by atoms with Crippen molar-refractivity contribution in [2.75, 3.05) is 23.4 Å². The van der Waals surface area contributed by atoms with Gasteiger partial charge in [-0.05, 0) is 85.5 Å². The van der Waals surface area contributed by atoms with E-state index in [4.69, 9.17) is 9.47 Å². The predicted molar refractivity (Wildman–Crippen MR) is 138 cm³/mol. The molecule has 1 heterocycles. The van der Waals surface area contributed by atoms with Crippen LogP contribution in [0, 0.1) is 12.8 Å². The number of nitrogens with zero attached hydrogens (tertiary/aromatic N) is 1. The van der Waals surface area contributed by atoms with E-state index in [1.54, 1.807) is 4.90 Å². The van der Waals surface area contributed by atoms with Crippen LogP contribution >= 0.6 is 0 Å². The summed E-state index contributed by atoms with van der Waals surface area (Å²) in [7, 11) is 0. The first-order valence-corrected chi connectivity index (χ1v) is 12.1. The van der Waals surface area contributed by atoms with Gasteiger partial charge in [-0.1, -0.05) is 26.0 Å². The van der Waals surface area contributed by atoms with Crippen LogP contribution in [0.25, 0.3) is 0 Å². The van der Waals surface area contributed by atoms with Gasteiger partial charge in [0.15, 0.2) is 0 Å². The summed E-state index contributed by atoms with van der Waals surface area (Å²) in [6.45, 7) is 9.18. The van der Waals surface area contributed by atoms with Crippen LogP contribution in [-0.2, 0) is 9.59 Å². The second kappa shape index (κ2) is 10.6. The lowest BCUT2D eigenvalue weighted by Gasteiger charge is -2.17. The van der Waals surface area contributed by atoms with E-state index in [0.29, 0.717) is 30.5 Å². The Morgan fingerprint density at radius 3 is 2.37 bits per heavy atom. The Morgan fingerprint density at radius 2 is 1.71 bits per heavy atom. The first-order valence-electron chi connectivity index (χ1n) is 12.1. The molecule has 1 saturated heterocycles. The van der Waals surface area contributed by atoms with Crippen molar-refractivity contribution >= 4 is 23.2 Å². The highest BCUT2D eigenvalue weighted by atomic mass is 16.5. The van der Waals surface area contributed by atoms with Crippen molar-refractivity contribution in [2.45, 2.75) is 40.0 Å². The fourth-order valence-corrected chi connectivity index (χ4v) is 4.21. The van der Waals surface area contributed by atoms with Gasteiger partial charge < -0.3 is 19.7 Å². The molecule has 1 aliphatic rings. The van der Waals surface area contributed by atoms with Gasteiger partial charge in [0.1, 0.15) is 17.2 Å². The normalized spacial score (nSPS) is 15.4. The van der Waals surface area contributed by atoms with E-state index in [0.717, 1.165) is 28.3 Å². The molecule has 1 aliphatic heterocycles. The SMILES string of the molecule is CCOc1ccc(N2C[C@H](C(=O)Nc3ccc(Oc4cc(C)ccc4C(C)C)cc3)CC2=O)cc1. The molecule has 3 aromatic rings. The zero-order valence-electron chi connectivity index (χ0n) is 20.7. The third-order valence-electron chi connectivity index (χ3n) is 6.10. The number of aryl methyl sites for hydroxylation is 1. The minimum Gasteiger partial charge on any atom is -0.494 e. The van der Waals surface area contributed by atoms with Crippen molar-refractivity contribution < 1.29 is 19.1 Å². The summed E-state index contributed by atoms with van der Waals surface area (Å²) in [4.78, 5) is 27.1. The molecule has 0 radical (unpaired) electrons. The predicted octanol–water partition coefficient (Wildman–Crippen LogP) is 6.30. The maximum atomic E-state index is 12.9. The number of amides is 2. The Kier molecular flexibility index (Phi) is 7.39. The van der Waals surface area contributed by atoms with Crippen LogP contribution in [0.2, 0.25) is 0 Å². The average molecular weight is 473 g/mol. The Balaban J connectivity index is 1.37. The highest BCUT2D eigenvalue weighted by molar-refractivity contribution is 6.03. The van der Waals surface area contributed by atoms with Gasteiger partial charge in [0, 0.05) is 24.3 Å². The largest absolute Gasteiger partial charge is 0.494 e. The van der Waals surface area contributed by atoms with Crippen molar-refractivity contribution in [3.63, 3.8) is 0 Å². The van der Waals surface area contributed by atoms with Crippen molar-refractivity contribution in [3.8, 4) is 17.2 Å². The molecule has 0 unspecified atom stereocenters. The molecule has 6 heteroatoms. The van der Waals surface area contributed by atoms with E-state index in [9.17, 15) is 9.59 Å². The molecule has 35 heavy (non-hydrogen) atoms. The second-order valence-corrected chi connectivity index (χ2v) is 9.14. The van der Waals surface area contributed by atoms with Gasteiger partial charge in [-0.3, -0.25) is 9.59 Å². The number of rotatable bonds is 8. The van der Waals surface area contributed by atoms with E-state index in [1.165, 1.54) is 0 Å². The lowest BCUT2D eigenvalue weighted by atomic mass is 10.0. The molecule has 0 spiro atoms. The van der Waals surface area contributed by atoms with Gasteiger partial charge in [-0.15, -0.1) is 0 Å². The van der Waals surface area contributed by atoms with Crippen LogP contribution in [-0.4, -0.2) is 25.0 Å². The standard InChI is InChI=1S/C29H32N2O4/c1-5-34-24-13-9-23(10-14-24)31-18-21(17-28(31)32)29(33)30-22-7-11-25(12-8-22)35-27-16-20(4)6-15-26(27)19(2)3/h6-16,19,21H,5,17-18H2,1-4H3,(H,30,33)/t21-/m1/s1. The van der Waals surface area contributed by atoms with Crippen molar-refractivity contribution in [1.82, 2.24) is 0 Å². The minimum atomic E-state index is -0.411. The minimum absolute atomic E-state index is 0.0582. The highest BCUT2D eigenvalue weighted by Crippen LogP contribution is 2.32. The molecule has 182 valence electrons. The van der Waals surface area contributed by atoms with Crippen LogP contribution in [0.5, 0.6) is 17.2 Å². The Labute approximate surface area is 206 Å². The van der Waals surface area contributed by atoms with Crippen LogP contribution in [0.4, 0.5) is 11.4 Å². The smallest absolute Gasteiger partial charge is 0.229 e. The van der Waals surface area contributed by atoms with Gasteiger partial charge in [-0.25, -0.2) is 0 Å². The zero-order valence-corrected chi connectivity index (χ0v) is 20.7. The van der Waals surface area contributed by atoms with Crippen LogP contribution < -0.4 is 19.7 Å². The molecule has 3 aromatic carbocycles. The summed E-state index contributed by atoms with van der Waals surface area (Å²) in [5, 5.41) is 2.94. The summed E-state index contributed by atoms with van der Waals surface area (Å²) in [5.41, 5.74) is 3.73. The van der Waals surface area contributed by atoms with Crippen LogP contribution in [0.1, 0.15) is 44.2 Å². The van der Waals surface area contributed by atoms with E-state index in [2.05, 4.69) is 31.3 Å². The van der Waals surface area contributed by atoms with E-state index in [1.807, 2.05) is 68.4 Å². The molecule has 0 saturated carbocycles. The first-order chi connectivity index (χ1) is 16.8. The van der Waals surface area contributed by atoms with Crippen LogP contribution in [0.15, 0.2) is 66.7 Å². The number of ether oxygens (including phenoxy) is 2. The third kappa shape index (κ3) is 5.83. The van der Waals surface area contributed by atoms with Gasteiger partial charge in [0.25, 0.3) is 0 Å². The number of carbonyl (C=O) groups excluding carboxylic acids is 2. The number of nitrogens with one attached hydrogen (secondary N) is 1. The summed E-state index contributed by atoms with van der Waals surface area (Å²) < 4.78 is 11.6. The molecular weight excluding hydrogens is 440 g/mol. The summed E-state index contributed by atoms with van der Waals surface area (Å²) in [6.07, 6.45) is 0.186.